The Morgan fingerprint density at radius 2 is 1.74 bits per heavy atom. The van der Waals surface area contributed by atoms with Crippen molar-refractivity contribution >= 4 is 37.4 Å². The standard InChI is InChI=1S/C26H34N4O4Si/c1-17(31)30-23(27-24(34)26(13-10-14-26)35(4,5)6)19-16-29(25(2,3)22(19)28-30)21(33)15-20(32)18-11-8-7-9-12-18/h7-9,11-12,15,32H,10,13-14,16H2,1-6H3,(H,27,34)/b20-15-. The molecule has 2 amide bonds. The molecule has 0 spiro atoms. The third-order valence-corrected chi connectivity index (χ3v) is 11.4. The first-order valence-electron chi connectivity index (χ1n) is 12.0. The fourth-order valence-electron chi connectivity index (χ4n) is 5.25. The molecule has 8 nitrogen and oxygen atoms in total. The number of hydrogen-bond acceptors (Lipinski definition) is 5. The number of aliphatic hydroxyl groups is 1. The molecule has 2 heterocycles. The molecule has 1 aliphatic heterocycles. The average molecular weight is 495 g/mol. The Morgan fingerprint density at radius 3 is 2.26 bits per heavy atom. The number of amides is 2. The summed E-state index contributed by atoms with van der Waals surface area (Å²) in [7, 11) is -1.83. The second kappa shape index (κ2) is 8.48. The van der Waals surface area contributed by atoms with Gasteiger partial charge in [-0.05, 0) is 26.7 Å². The smallest absolute Gasteiger partial charge is 0.251 e. The van der Waals surface area contributed by atoms with Crippen LogP contribution in [0.2, 0.25) is 24.7 Å². The minimum absolute atomic E-state index is 0.0580. The Kier molecular flexibility index (Phi) is 6.03. The largest absolute Gasteiger partial charge is 0.507 e. The van der Waals surface area contributed by atoms with E-state index in [1.54, 1.807) is 29.2 Å². The molecule has 2 aromatic rings. The second-order valence-corrected chi connectivity index (χ2v) is 16.6. The molecule has 1 aromatic carbocycles. The first kappa shape index (κ1) is 24.9. The van der Waals surface area contributed by atoms with Gasteiger partial charge in [-0.2, -0.15) is 9.78 Å². The highest BCUT2D eigenvalue weighted by Crippen LogP contribution is 2.56. The van der Waals surface area contributed by atoms with Crippen molar-refractivity contribution in [1.29, 1.82) is 0 Å². The fraction of sp³-hybridized carbons (Fsp3) is 0.462. The van der Waals surface area contributed by atoms with E-state index < -0.39 is 13.6 Å². The molecule has 1 aromatic heterocycles. The number of nitrogens with one attached hydrogen (secondary N) is 1. The number of carbonyl (C=O) groups is 3. The van der Waals surface area contributed by atoms with Gasteiger partial charge >= 0.3 is 0 Å². The Morgan fingerprint density at radius 1 is 1.11 bits per heavy atom. The number of nitrogens with zero attached hydrogens (tertiary/aromatic N) is 3. The molecule has 2 N–H and O–H groups in total. The lowest BCUT2D eigenvalue weighted by molar-refractivity contribution is -0.131. The zero-order valence-corrected chi connectivity index (χ0v) is 22.3. The van der Waals surface area contributed by atoms with Crippen molar-refractivity contribution in [3.05, 3.63) is 53.2 Å². The summed E-state index contributed by atoms with van der Waals surface area (Å²) < 4.78 is 1.25. The topological polar surface area (TPSA) is 105 Å². The summed E-state index contributed by atoms with van der Waals surface area (Å²) in [6, 6.07) is 8.86. The molecule has 0 atom stereocenters. The van der Waals surface area contributed by atoms with E-state index in [-0.39, 0.29) is 35.1 Å². The van der Waals surface area contributed by atoms with E-state index in [4.69, 9.17) is 0 Å². The van der Waals surface area contributed by atoms with Gasteiger partial charge in [0.25, 0.3) is 5.91 Å². The van der Waals surface area contributed by atoms with Crippen LogP contribution in [-0.4, -0.2) is 45.6 Å². The highest BCUT2D eigenvalue weighted by molar-refractivity contribution is 6.83. The van der Waals surface area contributed by atoms with E-state index in [9.17, 15) is 19.5 Å². The van der Waals surface area contributed by atoms with Gasteiger partial charge in [0.05, 0.1) is 25.9 Å². The van der Waals surface area contributed by atoms with Crippen molar-refractivity contribution in [1.82, 2.24) is 14.7 Å². The monoisotopic (exact) mass is 494 g/mol. The third-order valence-electron chi connectivity index (χ3n) is 7.76. The number of aliphatic hydroxyl groups excluding tert-OH is 1. The van der Waals surface area contributed by atoms with Crippen LogP contribution in [0.3, 0.4) is 0 Å². The fourth-order valence-corrected chi connectivity index (χ4v) is 7.84. The van der Waals surface area contributed by atoms with E-state index in [0.29, 0.717) is 22.6 Å². The molecule has 9 heteroatoms. The Balaban J connectivity index is 1.68. The Labute approximate surface area is 207 Å². The van der Waals surface area contributed by atoms with Gasteiger partial charge in [-0.3, -0.25) is 14.4 Å². The Bertz CT molecular complexity index is 1220. The van der Waals surface area contributed by atoms with Gasteiger partial charge in [-0.25, -0.2) is 0 Å². The molecule has 35 heavy (non-hydrogen) atoms. The number of rotatable bonds is 5. The second-order valence-electron chi connectivity index (χ2n) is 11.1. The number of fused-ring (bicyclic) bond motifs is 1. The normalized spacial score (nSPS) is 18.6. The molecule has 1 saturated carbocycles. The summed E-state index contributed by atoms with van der Waals surface area (Å²) in [5.74, 6) is -0.515. The van der Waals surface area contributed by atoms with Gasteiger partial charge in [0.2, 0.25) is 11.8 Å². The van der Waals surface area contributed by atoms with Gasteiger partial charge in [0, 0.05) is 29.2 Å². The summed E-state index contributed by atoms with van der Waals surface area (Å²) in [6.07, 6.45) is 3.93. The van der Waals surface area contributed by atoms with Crippen molar-refractivity contribution in [3.8, 4) is 0 Å². The molecule has 0 bridgehead atoms. The molecule has 0 radical (unpaired) electrons. The first-order valence-corrected chi connectivity index (χ1v) is 15.5. The van der Waals surface area contributed by atoms with Crippen LogP contribution in [0.25, 0.3) is 5.76 Å². The first-order chi connectivity index (χ1) is 16.3. The van der Waals surface area contributed by atoms with Crippen molar-refractivity contribution in [2.45, 2.75) is 76.8 Å². The van der Waals surface area contributed by atoms with Crippen LogP contribution in [0.4, 0.5) is 5.82 Å². The van der Waals surface area contributed by atoms with E-state index >= 15 is 0 Å². The maximum absolute atomic E-state index is 13.6. The number of carbonyl (C=O) groups excluding carboxylic acids is 3. The van der Waals surface area contributed by atoms with Crippen LogP contribution in [0, 0.1) is 0 Å². The highest BCUT2D eigenvalue weighted by Gasteiger charge is 2.54. The van der Waals surface area contributed by atoms with Gasteiger partial charge in [-0.15, -0.1) is 0 Å². The number of anilines is 1. The van der Waals surface area contributed by atoms with Gasteiger partial charge < -0.3 is 15.3 Å². The maximum atomic E-state index is 13.6. The molecular formula is C26H34N4O4Si. The quantitative estimate of drug-likeness (QED) is 0.349. The zero-order valence-electron chi connectivity index (χ0n) is 21.3. The minimum Gasteiger partial charge on any atom is -0.507 e. The lowest BCUT2D eigenvalue weighted by Gasteiger charge is -2.48. The molecular weight excluding hydrogens is 460 g/mol. The lowest BCUT2D eigenvalue weighted by atomic mass is 9.83. The van der Waals surface area contributed by atoms with Crippen molar-refractivity contribution in [2.75, 3.05) is 5.32 Å². The number of benzene rings is 1. The lowest BCUT2D eigenvalue weighted by Crippen LogP contribution is -2.52. The molecule has 0 saturated heterocycles. The van der Waals surface area contributed by atoms with Gasteiger partial charge in [0.15, 0.2) is 0 Å². The van der Waals surface area contributed by atoms with Crippen LogP contribution in [0.15, 0.2) is 36.4 Å². The SMILES string of the molecule is CC(=O)n1nc2c(c1NC(=O)C1([Si](C)(C)C)CCC1)CN(C(=O)/C=C(\O)c1ccccc1)C2(C)C. The summed E-state index contributed by atoms with van der Waals surface area (Å²) in [6.45, 7) is 11.9. The van der Waals surface area contributed by atoms with Crippen molar-refractivity contribution in [3.63, 3.8) is 0 Å². The minimum atomic E-state index is -1.83. The van der Waals surface area contributed by atoms with Crippen LogP contribution in [-0.2, 0) is 21.7 Å². The molecule has 1 fully saturated rings. The predicted molar refractivity (Wildman–Crippen MR) is 138 cm³/mol. The van der Waals surface area contributed by atoms with Crippen LogP contribution in [0.5, 0.6) is 0 Å². The van der Waals surface area contributed by atoms with Crippen LogP contribution < -0.4 is 5.32 Å². The van der Waals surface area contributed by atoms with E-state index in [0.717, 1.165) is 19.3 Å². The summed E-state index contributed by atoms with van der Waals surface area (Å²) in [5.41, 5.74) is 0.930. The summed E-state index contributed by atoms with van der Waals surface area (Å²) in [5, 5.41) is 17.7. The van der Waals surface area contributed by atoms with E-state index in [1.165, 1.54) is 17.7 Å². The predicted octanol–water partition coefficient (Wildman–Crippen LogP) is 4.92. The van der Waals surface area contributed by atoms with Crippen LogP contribution in [0.1, 0.15) is 61.6 Å². The third kappa shape index (κ3) is 4.01. The zero-order chi connectivity index (χ0) is 25.8. The molecule has 2 aliphatic rings. The number of aromatic nitrogens is 2. The van der Waals surface area contributed by atoms with Crippen molar-refractivity contribution < 1.29 is 19.5 Å². The average Bonchev–Trinajstić information content (AvgIpc) is 3.21. The van der Waals surface area contributed by atoms with E-state index in [1.807, 2.05) is 19.9 Å². The summed E-state index contributed by atoms with van der Waals surface area (Å²) >= 11 is 0. The number of hydrogen-bond donors (Lipinski definition) is 2. The van der Waals surface area contributed by atoms with Gasteiger partial charge in [-0.1, -0.05) is 56.4 Å². The van der Waals surface area contributed by atoms with Gasteiger partial charge in [0.1, 0.15) is 11.6 Å². The maximum Gasteiger partial charge on any atom is 0.251 e. The van der Waals surface area contributed by atoms with Crippen molar-refractivity contribution in [2.24, 2.45) is 0 Å². The molecule has 0 unspecified atom stereocenters. The molecule has 1 aliphatic carbocycles. The van der Waals surface area contributed by atoms with Crippen LogP contribution >= 0.6 is 0 Å². The molecule has 186 valence electrons. The summed E-state index contributed by atoms with van der Waals surface area (Å²) in [4.78, 5) is 40.8. The highest BCUT2D eigenvalue weighted by atomic mass is 28.3. The Hall–Kier alpha value is -3.20. The molecule has 4 rings (SSSR count). The van der Waals surface area contributed by atoms with E-state index in [2.05, 4.69) is 30.1 Å².